The first-order chi connectivity index (χ1) is 7.00. The number of rotatable bonds is 1. The van der Waals surface area contributed by atoms with Crippen molar-refractivity contribution in [1.29, 1.82) is 0 Å². The van der Waals surface area contributed by atoms with Gasteiger partial charge in [0.05, 0.1) is 0 Å². The van der Waals surface area contributed by atoms with E-state index in [1.807, 2.05) is 0 Å². The van der Waals surface area contributed by atoms with Gasteiger partial charge in [-0.3, -0.25) is 4.55 Å². The van der Waals surface area contributed by atoms with Crippen LogP contribution in [0.15, 0.2) is 46.2 Å². The second-order valence-corrected chi connectivity index (χ2v) is 4.91. The molecule has 0 aliphatic rings. The van der Waals surface area contributed by atoms with Crippen LogP contribution in [0.5, 0.6) is 0 Å². The highest BCUT2D eigenvalue weighted by molar-refractivity contribution is 7.86. The van der Waals surface area contributed by atoms with E-state index in [-0.39, 0.29) is 4.90 Å². The van der Waals surface area contributed by atoms with Crippen molar-refractivity contribution in [2.45, 2.75) is 9.79 Å². The zero-order valence-corrected chi connectivity index (χ0v) is 9.18. The lowest BCUT2D eigenvalue weighted by atomic mass is 10.1. The maximum Gasteiger partial charge on any atom is 0.295 e. The van der Waals surface area contributed by atoms with Gasteiger partial charge >= 0.3 is 0 Å². The molecule has 5 heteroatoms. The van der Waals surface area contributed by atoms with Crippen LogP contribution in [0.25, 0.3) is 10.8 Å². The van der Waals surface area contributed by atoms with E-state index < -0.39 is 10.1 Å². The van der Waals surface area contributed by atoms with E-state index in [1.54, 1.807) is 24.3 Å². The molecule has 0 saturated heterocycles. The topological polar surface area (TPSA) is 54.4 Å². The average Bonchev–Trinajstić information content (AvgIpc) is 2.17. The summed E-state index contributed by atoms with van der Waals surface area (Å²) < 4.78 is 31.2. The SMILES string of the molecule is O=S(=O)(O)c1ccc([S])c2ccccc12. The van der Waals surface area contributed by atoms with E-state index in [9.17, 15) is 8.42 Å². The second-order valence-electron chi connectivity index (χ2n) is 3.08. The van der Waals surface area contributed by atoms with Gasteiger partial charge in [0.15, 0.2) is 0 Å². The molecule has 0 amide bonds. The standard InChI is InChI=1S/C10H7O3S2/c11-15(12,13)10-6-5-9(14)7-3-1-2-4-8(7)10/h1-6H,(H,11,12,13). The third-order valence-electron chi connectivity index (χ3n) is 2.12. The van der Waals surface area contributed by atoms with Crippen LogP contribution in [-0.4, -0.2) is 13.0 Å². The van der Waals surface area contributed by atoms with Gasteiger partial charge in [0.25, 0.3) is 10.1 Å². The molecule has 0 fully saturated rings. The van der Waals surface area contributed by atoms with Crippen LogP contribution in [-0.2, 0) is 10.1 Å². The van der Waals surface area contributed by atoms with E-state index in [4.69, 9.17) is 17.2 Å². The van der Waals surface area contributed by atoms with Crippen LogP contribution in [0, 0.1) is 0 Å². The Bertz CT molecular complexity index is 618. The van der Waals surface area contributed by atoms with Gasteiger partial charge in [0.1, 0.15) is 4.90 Å². The van der Waals surface area contributed by atoms with Crippen molar-refractivity contribution in [3.63, 3.8) is 0 Å². The monoisotopic (exact) mass is 239 g/mol. The highest BCUT2D eigenvalue weighted by Gasteiger charge is 2.14. The Morgan fingerprint density at radius 2 is 1.60 bits per heavy atom. The number of fused-ring (bicyclic) bond motifs is 1. The highest BCUT2D eigenvalue weighted by Crippen LogP contribution is 2.27. The van der Waals surface area contributed by atoms with Crippen molar-refractivity contribution in [2.75, 3.05) is 0 Å². The second kappa shape index (κ2) is 3.44. The lowest BCUT2D eigenvalue weighted by Gasteiger charge is -2.04. The minimum atomic E-state index is -4.19. The molecular formula is C10H7O3S2. The summed E-state index contributed by atoms with van der Waals surface area (Å²) in [6.07, 6.45) is 0. The predicted molar refractivity (Wildman–Crippen MR) is 59.6 cm³/mol. The van der Waals surface area contributed by atoms with Crippen molar-refractivity contribution >= 4 is 33.5 Å². The molecule has 0 atom stereocenters. The van der Waals surface area contributed by atoms with Crippen LogP contribution in [0.2, 0.25) is 0 Å². The van der Waals surface area contributed by atoms with Crippen LogP contribution in [0.1, 0.15) is 0 Å². The lowest BCUT2D eigenvalue weighted by Crippen LogP contribution is -1.98. The summed E-state index contributed by atoms with van der Waals surface area (Å²) in [5, 5.41) is 1.11. The fourth-order valence-electron chi connectivity index (χ4n) is 1.47. The van der Waals surface area contributed by atoms with Gasteiger partial charge in [-0.15, -0.1) is 0 Å². The molecule has 0 spiro atoms. The van der Waals surface area contributed by atoms with Gasteiger partial charge in [-0.1, -0.05) is 36.9 Å². The largest absolute Gasteiger partial charge is 0.295 e. The molecule has 0 aromatic heterocycles. The summed E-state index contributed by atoms with van der Waals surface area (Å²) in [5.41, 5.74) is 0. The summed E-state index contributed by atoms with van der Waals surface area (Å²) in [7, 11) is -4.19. The van der Waals surface area contributed by atoms with E-state index >= 15 is 0 Å². The zero-order chi connectivity index (χ0) is 11.1. The Morgan fingerprint density at radius 1 is 1.00 bits per heavy atom. The summed E-state index contributed by atoms with van der Waals surface area (Å²) in [4.78, 5) is 0.463. The van der Waals surface area contributed by atoms with Crippen LogP contribution in [0.4, 0.5) is 0 Å². The Labute approximate surface area is 92.9 Å². The van der Waals surface area contributed by atoms with Gasteiger partial charge in [0.2, 0.25) is 0 Å². The lowest BCUT2D eigenvalue weighted by molar-refractivity contribution is 0.484. The Hall–Kier alpha value is -1.17. The maximum atomic E-state index is 11.1. The molecule has 0 aliphatic carbocycles. The summed E-state index contributed by atoms with van der Waals surface area (Å²) in [6.45, 7) is 0. The first-order valence-electron chi connectivity index (χ1n) is 4.16. The minimum absolute atomic E-state index is 0.105. The summed E-state index contributed by atoms with van der Waals surface area (Å²) >= 11 is 5.06. The molecule has 0 aliphatic heterocycles. The molecule has 0 unspecified atom stereocenters. The Kier molecular flexibility index (Phi) is 2.38. The Balaban J connectivity index is 2.96. The molecule has 2 aromatic rings. The van der Waals surface area contributed by atoms with Gasteiger partial charge in [-0.2, -0.15) is 8.42 Å². The quantitative estimate of drug-likeness (QED) is 0.778. The first-order valence-corrected chi connectivity index (χ1v) is 6.01. The first kappa shape index (κ1) is 10.4. The molecule has 1 radical (unpaired) electrons. The van der Waals surface area contributed by atoms with Crippen molar-refractivity contribution < 1.29 is 13.0 Å². The zero-order valence-electron chi connectivity index (χ0n) is 7.54. The van der Waals surface area contributed by atoms with Gasteiger partial charge in [-0.25, -0.2) is 0 Å². The molecule has 2 aromatic carbocycles. The number of benzene rings is 2. The van der Waals surface area contributed by atoms with Gasteiger partial charge in [-0.05, 0) is 12.1 Å². The van der Waals surface area contributed by atoms with Crippen molar-refractivity contribution in [1.82, 2.24) is 0 Å². The number of hydrogen-bond acceptors (Lipinski definition) is 2. The smallest absolute Gasteiger partial charge is 0.282 e. The molecule has 0 saturated carbocycles. The Morgan fingerprint density at radius 3 is 2.20 bits per heavy atom. The van der Waals surface area contributed by atoms with E-state index in [1.165, 1.54) is 12.1 Å². The average molecular weight is 239 g/mol. The molecule has 1 N–H and O–H groups in total. The molecule has 15 heavy (non-hydrogen) atoms. The summed E-state index contributed by atoms with van der Waals surface area (Å²) in [5.74, 6) is 0. The van der Waals surface area contributed by atoms with E-state index in [0.717, 1.165) is 0 Å². The molecule has 0 bridgehead atoms. The van der Waals surface area contributed by atoms with Crippen molar-refractivity contribution in [3.05, 3.63) is 36.4 Å². The molecule has 0 heterocycles. The maximum absolute atomic E-state index is 11.1. The van der Waals surface area contributed by atoms with E-state index in [0.29, 0.717) is 15.7 Å². The normalized spacial score (nSPS) is 11.8. The third-order valence-corrected chi connectivity index (χ3v) is 3.39. The highest BCUT2D eigenvalue weighted by atomic mass is 32.2. The molecule has 77 valence electrons. The minimum Gasteiger partial charge on any atom is -0.282 e. The summed E-state index contributed by atoms with van der Waals surface area (Å²) in [6, 6.07) is 9.64. The third kappa shape index (κ3) is 1.81. The van der Waals surface area contributed by atoms with Gasteiger partial charge in [0, 0.05) is 15.7 Å². The predicted octanol–water partition coefficient (Wildman–Crippen LogP) is 2.64. The van der Waals surface area contributed by atoms with Crippen LogP contribution in [0.3, 0.4) is 0 Å². The van der Waals surface area contributed by atoms with E-state index in [2.05, 4.69) is 0 Å². The van der Waals surface area contributed by atoms with Gasteiger partial charge < -0.3 is 0 Å². The molecule has 2 rings (SSSR count). The van der Waals surface area contributed by atoms with Crippen LogP contribution >= 0.6 is 12.6 Å². The fraction of sp³-hybridized carbons (Fsp3) is 0. The van der Waals surface area contributed by atoms with Crippen LogP contribution < -0.4 is 0 Å². The van der Waals surface area contributed by atoms with Crippen molar-refractivity contribution in [2.24, 2.45) is 0 Å². The fourth-order valence-corrected chi connectivity index (χ4v) is 2.41. The molecule has 3 nitrogen and oxygen atoms in total. The number of hydrogen-bond donors (Lipinski definition) is 1. The molecular weight excluding hydrogens is 232 g/mol. The van der Waals surface area contributed by atoms with Crippen molar-refractivity contribution in [3.8, 4) is 0 Å².